The van der Waals surface area contributed by atoms with E-state index in [2.05, 4.69) is 10.6 Å². The van der Waals surface area contributed by atoms with Gasteiger partial charge in [0.15, 0.2) is 0 Å². The predicted octanol–water partition coefficient (Wildman–Crippen LogP) is 4.80. The molecule has 28 heavy (non-hydrogen) atoms. The normalized spacial score (nSPS) is 11.5. The van der Waals surface area contributed by atoms with Gasteiger partial charge in [0.05, 0.1) is 12.5 Å². The van der Waals surface area contributed by atoms with E-state index in [1.807, 2.05) is 80.6 Å². The van der Waals surface area contributed by atoms with Gasteiger partial charge in [-0.15, -0.1) is 0 Å². The maximum absolute atomic E-state index is 12.8. The molecule has 0 aliphatic rings. The average molecular weight is 372 g/mol. The van der Waals surface area contributed by atoms with Crippen molar-refractivity contribution >= 4 is 17.5 Å². The molecule has 0 aliphatic heterocycles. The highest BCUT2D eigenvalue weighted by Crippen LogP contribution is 2.22. The summed E-state index contributed by atoms with van der Waals surface area (Å²) in [5.41, 5.74) is 4.31. The number of hydrogen-bond acceptors (Lipinski definition) is 2. The number of anilines is 1. The second-order valence-electron chi connectivity index (χ2n) is 6.82. The molecule has 3 aromatic rings. The summed E-state index contributed by atoms with van der Waals surface area (Å²) in [5, 5.41) is 6.00. The van der Waals surface area contributed by atoms with Crippen LogP contribution in [-0.2, 0) is 4.79 Å². The number of amides is 2. The quantitative estimate of drug-likeness (QED) is 0.653. The lowest BCUT2D eigenvalue weighted by Crippen LogP contribution is -2.31. The summed E-state index contributed by atoms with van der Waals surface area (Å²) in [6, 6.07) is 24.1. The fourth-order valence-electron chi connectivity index (χ4n) is 3.16. The van der Waals surface area contributed by atoms with Crippen molar-refractivity contribution in [3.63, 3.8) is 0 Å². The van der Waals surface area contributed by atoms with E-state index >= 15 is 0 Å². The van der Waals surface area contributed by atoms with E-state index in [9.17, 15) is 9.59 Å². The van der Waals surface area contributed by atoms with E-state index in [0.717, 1.165) is 22.4 Å². The van der Waals surface area contributed by atoms with Crippen molar-refractivity contribution in [2.75, 3.05) is 5.32 Å². The maximum Gasteiger partial charge on any atom is 0.251 e. The van der Waals surface area contributed by atoms with Crippen LogP contribution in [0.4, 0.5) is 5.69 Å². The molecule has 1 unspecified atom stereocenters. The van der Waals surface area contributed by atoms with Crippen molar-refractivity contribution in [2.24, 2.45) is 0 Å². The summed E-state index contributed by atoms with van der Waals surface area (Å²) in [7, 11) is 0. The highest BCUT2D eigenvalue weighted by atomic mass is 16.2. The second kappa shape index (κ2) is 9.00. The fraction of sp³-hybridized carbons (Fsp3) is 0.167. The molecule has 2 amide bonds. The molecule has 142 valence electrons. The van der Waals surface area contributed by atoms with E-state index in [1.54, 1.807) is 12.1 Å². The number of carbonyl (C=O) groups is 2. The lowest BCUT2D eigenvalue weighted by molar-refractivity contribution is -0.116. The van der Waals surface area contributed by atoms with Gasteiger partial charge in [-0.1, -0.05) is 66.7 Å². The Balaban J connectivity index is 1.78. The Morgan fingerprint density at radius 1 is 0.786 bits per heavy atom. The van der Waals surface area contributed by atoms with Gasteiger partial charge in [0, 0.05) is 11.3 Å². The van der Waals surface area contributed by atoms with Gasteiger partial charge < -0.3 is 10.6 Å². The van der Waals surface area contributed by atoms with E-state index in [-0.39, 0.29) is 18.2 Å². The van der Waals surface area contributed by atoms with Crippen molar-refractivity contribution in [3.05, 3.63) is 101 Å². The van der Waals surface area contributed by atoms with E-state index < -0.39 is 6.04 Å². The molecule has 0 fully saturated rings. The van der Waals surface area contributed by atoms with Gasteiger partial charge >= 0.3 is 0 Å². The first-order valence-corrected chi connectivity index (χ1v) is 9.31. The first kappa shape index (κ1) is 19.4. The summed E-state index contributed by atoms with van der Waals surface area (Å²) in [6.07, 6.45) is 0.149. The molecule has 4 heteroatoms. The Hall–Kier alpha value is -3.40. The first-order chi connectivity index (χ1) is 13.5. The van der Waals surface area contributed by atoms with E-state index in [1.165, 1.54) is 0 Å². The molecule has 4 nitrogen and oxygen atoms in total. The van der Waals surface area contributed by atoms with Crippen LogP contribution in [0.1, 0.15) is 39.5 Å². The molecule has 1 atom stereocenters. The molecule has 0 aliphatic carbocycles. The summed E-state index contributed by atoms with van der Waals surface area (Å²) in [5.74, 6) is -0.339. The van der Waals surface area contributed by atoms with Crippen molar-refractivity contribution in [3.8, 4) is 0 Å². The highest BCUT2D eigenvalue weighted by Gasteiger charge is 2.20. The molecular formula is C24H24N2O2. The van der Waals surface area contributed by atoms with Gasteiger partial charge in [0.25, 0.3) is 5.91 Å². The molecule has 0 heterocycles. The largest absolute Gasteiger partial charge is 0.345 e. The minimum Gasteiger partial charge on any atom is -0.345 e. The smallest absolute Gasteiger partial charge is 0.251 e. The number of para-hydroxylation sites is 1. The monoisotopic (exact) mass is 372 g/mol. The molecule has 0 radical (unpaired) electrons. The number of nitrogens with one attached hydrogen (secondary N) is 2. The topological polar surface area (TPSA) is 58.2 Å². The highest BCUT2D eigenvalue weighted by molar-refractivity contribution is 5.96. The van der Waals surface area contributed by atoms with Crippen LogP contribution in [0.15, 0.2) is 78.9 Å². The standard InChI is InChI=1S/C24H24N2O2/c1-17-10-9-11-18(2)23(17)26-22(27)16-21(19-12-5-3-6-13-19)25-24(28)20-14-7-4-8-15-20/h3-15,21H,16H2,1-2H3,(H,25,28)(H,26,27). The molecule has 3 aromatic carbocycles. The van der Waals surface area contributed by atoms with Crippen LogP contribution in [0.25, 0.3) is 0 Å². The SMILES string of the molecule is Cc1cccc(C)c1NC(=O)CC(NC(=O)c1ccccc1)c1ccccc1. The summed E-state index contributed by atoms with van der Waals surface area (Å²) >= 11 is 0. The van der Waals surface area contributed by atoms with Crippen LogP contribution in [-0.4, -0.2) is 11.8 Å². The van der Waals surface area contributed by atoms with Crippen molar-refractivity contribution in [1.82, 2.24) is 5.32 Å². The summed E-state index contributed by atoms with van der Waals surface area (Å²) in [4.78, 5) is 25.4. The minimum absolute atomic E-state index is 0.139. The van der Waals surface area contributed by atoms with Gasteiger partial charge in [-0.05, 0) is 42.7 Å². The number of hydrogen-bond donors (Lipinski definition) is 2. The van der Waals surface area contributed by atoms with Gasteiger partial charge in [0.1, 0.15) is 0 Å². The average Bonchev–Trinajstić information content (AvgIpc) is 2.71. The molecule has 0 spiro atoms. The van der Waals surface area contributed by atoms with Crippen LogP contribution in [0.2, 0.25) is 0 Å². The number of aryl methyl sites for hydroxylation is 2. The van der Waals surface area contributed by atoms with Crippen molar-refractivity contribution in [1.29, 1.82) is 0 Å². The Morgan fingerprint density at radius 3 is 1.96 bits per heavy atom. The fourth-order valence-corrected chi connectivity index (χ4v) is 3.16. The van der Waals surface area contributed by atoms with E-state index in [4.69, 9.17) is 0 Å². The number of rotatable bonds is 6. The van der Waals surface area contributed by atoms with E-state index in [0.29, 0.717) is 5.56 Å². The van der Waals surface area contributed by atoms with Gasteiger partial charge in [-0.3, -0.25) is 9.59 Å². The van der Waals surface area contributed by atoms with Gasteiger partial charge in [-0.2, -0.15) is 0 Å². The van der Waals surface area contributed by atoms with Crippen LogP contribution in [0.3, 0.4) is 0 Å². The minimum atomic E-state index is -0.418. The molecule has 0 bridgehead atoms. The molecular weight excluding hydrogens is 348 g/mol. The van der Waals surface area contributed by atoms with Crippen LogP contribution in [0.5, 0.6) is 0 Å². The van der Waals surface area contributed by atoms with Crippen LogP contribution >= 0.6 is 0 Å². The summed E-state index contributed by atoms with van der Waals surface area (Å²) < 4.78 is 0. The first-order valence-electron chi connectivity index (χ1n) is 9.31. The second-order valence-corrected chi connectivity index (χ2v) is 6.82. The Kier molecular flexibility index (Phi) is 6.22. The van der Waals surface area contributed by atoms with Gasteiger partial charge in [-0.25, -0.2) is 0 Å². The van der Waals surface area contributed by atoms with Gasteiger partial charge in [0.2, 0.25) is 5.91 Å². The third-order valence-electron chi connectivity index (χ3n) is 4.68. The van der Waals surface area contributed by atoms with Crippen molar-refractivity contribution < 1.29 is 9.59 Å². The third-order valence-corrected chi connectivity index (χ3v) is 4.68. The molecule has 2 N–H and O–H groups in total. The lowest BCUT2D eigenvalue weighted by atomic mass is 10.0. The molecule has 0 saturated heterocycles. The Labute approximate surface area is 165 Å². The molecule has 0 aromatic heterocycles. The van der Waals surface area contributed by atoms with Crippen LogP contribution < -0.4 is 10.6 Å². The zero-order valence-corrected chi connectivity index (χ0v) is 16.1. The molecule has 3 rings (SSSR count). The zero-order chi connectivity index (χ0) is 19.9. The summed E-state index contributed by atoms with van der Waals surface area (Å²) in [6.45, 7) is 3.93. The lowest BCUT2D eigenvalue weighted by Gasteiger charge is -2.20. The predicted molar refractivity (Wildman–Crippen MR) is 112 cm³/mol. The van der Waals surface area contributed by atoms with Crippen molar-refractivity contribution in [2.45, 2.75) is 26.3 Å². The third kappa shape index (κ3) is 4.86. The Bertz CT molecular complexity index is 933. The Morgan fingerprint density at radius 2 is 1.36 bits per heavy atom. The number of carbonyl (C=O) groups excluding carboxylic acids is 2. The van der Waals surface area contributed by atoms with Crippen LogP contribution in [0, 0.1) is 13.8 Å². The molecule has 0 saturated carbocycles. The maximum atomic E-state index is 12.8. The number of benzene rings is 3. The zero-order valence-electron chi connectivity index (χ0n) is 16.1.